The largest absolute Gasteiger partial charge is 0.497 e. The summed E-state index contributed by atoms with van der Waals surface area (Å²) >= 11 is 0. The van der Waals surface area contributed by atoms with Crippen LogP contribution in [0.25, 0.3) is 0 Å². The number of nitrogens with zero attached hydrogens (tertiary/aromatic N) is 1. The Morgan fingerprint density at radius 3 is 2.55 bits per heavy atom. The summed E-state index contributed by atoms with van der Waals surface area (Å²) in [6.07, 6.45) is 0.762. The Hall–Kier alpha value is -2.80. The fraction of sp³-hybridized carbons (Fsp3) is 0.125. The quantitative estimate of drug-likeness (QED) is 0.796. The van der Waals surface area contributed by atoms with Crippen molar-refractivity contribution >= 4 is 6.29 Å². The van der Waals surface area contributed by atoms with Gasteiger partial charge in [-0.15, -0.1) is 0 Å². The average molecular weight is 267 g/mol. The van der Waals surface area contributed by atoms with Crippen LogP contribution in [0, 0.1) is 18.3 Å². The Balaban J connectivity index is 2.39. The van der Waals surface area contributed by atoms with Crippen LogP contribution in [0.1, 0.15) is 21.5 Å². The lowest BCUT2D eigenvalue weighted by molar-refractivity contribution is 0.112. The van der Waals surface area contributed by atoms with Gasteiger partial charge in [0.15, 0.2) is 0 Å². The molecule has 0 aliphatic rings. The van der Waals surface area contributed by atoms with Crippen molar-refractivity contribution < 1.29 is 14.3 Å². The number of hydrogen-bond donors (Lipinski definition) is 0. The molecule has 0 N–H and O–H groups in total. The lowest BCUT2D eigenvalue weighted by atomic mass is 10.1. The molecule has 0 unspecified atom stereocenters. The van der Waals surface area contributed by atoms with Gasteiger partial charge in [-0.05, 0) is 30.7 Å². The molecule has 2 aromatic carbocycles. The molecular weight excluding hydrogens is 254 g/mol. The Morgan fingerprint density at radius 1 is 1.15 bits per heavy atom. The van der Waals surface area contributed by atoms with Gasteiger partial charge in [-0.25, -0.2) is 0 Å². The van der Waals surface area contributed by atoms with Crippen molar-refractivity contribution in [3.05, 3.63) is 53.1 Å². The lowest BCUT2D eigenvalue weighted by Crippen LogP contribution is -1.92. The van der Waals surface area contributed by atoms with Gasteiger partial charge in [-0.2, -0.15) is 5.26 Å². The van der Waals surface area contributed by atoms with E-state index < -0.39 is 0 Å². The Bertz CT molecular complexity index is 687. The highest BCUT2D eigenvalue weighted by Crippen LogP contribution is 2.29. The maximum Gasteiger partial charge on any atom is 0.150 e. The third-order valence-electron chi connectivity index (χ3n) is 2.82. The van der Waals surface area contributed by atoms with Gasteiger partial charge >= 0.3 is 0 Å². The zero-order valence-corrected chi connectivity index (χ0v) is 11.2. The summed E-state index contributed by atoms with van der Waals surface area (Å²) in [4.78, 5) is 10.8. The normalized spacial score (nSPS) is 9.65. The van der Waals surface area contributed by atoms with Crippen LogP contribution in [0.3, 0.4) is 0 Å². The lowest BCUT2D eigenvalue weighted by Gasteiger charge is -2.10. The van der Waals surface area contributed by atoms with E-state index >= 15 is 0 Å². The highest BCUT2D eigenvalue weighted by molar-refractivity contribution is 5.76. The van der Waals surface area contributed by atoms with Gasteiger partial charge in [0.1, 0.15) is 23.5 Å². The van der Waals surface area contributed by atoms with E-state index in [4.69, 9.17) is 14.7 Å². The molecule has 4 nitrogen and oxygen atoms in total. The predicted octanol–water partition coefficient (Wildman–Crippen LogP) is 3.48. The second-order valence-corrected chi connectivity index (χ2v) is 4.25. The van der Waals surface area contributed by atoms with Gasteiger partial charge in [0.2, 0.25) is 0 Å². The number of hydrogen-bond acceptors (Lipinski definition) is 4. The number of rotatable bonds is 4. The summed E-state index contributed by atoms with van der Waals surface area (Å²) in [5, 5.41) is 8.98. The van der Waals surface area contributed by atoms with Gasteiger partial charge in [0.25, 0.3) is 0 Å². The van der Waals surface area contributed by atoms with Crippen LogP contribution < -0.4 is 9.47 Å². The SMILES string of the molecule is COc1cc(C#N)cc(Oc2cc(C=O)ccc2C)c1. The van der Waals surface area contributed by atoms with Crippen LogP contribution >= 0.6 is 0 Å². The van der Waals surface area contributed by atoms with Crippen molar-refractivity contribution in [3.63, 3.8) is 0 Å². The van der Waals surface area contributed by atoms with E-state index in [-0.39, 0.29) is 0 Å². The summed E-state index contributed by atoms with van der Waals surface area (Å²) in [6.45, 7) is 1.88. The molecule has 0 aromatic heterocycles. The van der Waals surface area contributed by atoms with Crippen molar-refractivity contribution in [1.82, 2.24) is 0 Å². The third kappa shape index (κ3) is 2.96. The molecule has 2 rings (SSSR count). The van der Waals surface area contributed by atoms with E-state index in [1.807, 2.05) is 19.1 Å². The van der Waals surface area contributed by atoms with Crippen molar-refractivity contribution in [3.8, 4) is 23.3 Å². The van der Waals surface area contributed by atoms with E-state index in [2.05, 4.69) is 0 Å². The van der Waals surface area contributed by atoms with Crippen LogP contribution in [0.4, 0.5) is 0 Å². The first kappa shape index (κ1) is 13.6. The summed E-state index contributed by atoms with van der Waals surface area (Å²) in [7, 11) is 1.53. The second kappa shape index (κ2) is 5.89. The minimum atomic E-state index is 0.448. The monoisotopic (exact) mass is 267 g/mol. The Labute approximate surface area is 117 Å². The highest BCUT2D eigenvalue weighted by atomic mass is 16.5. The van der Waals surface area contributed by atoms with E-state index in [0.29, 0.717) is 28.4 Å². The van der Waals surface area contributed by atoms with Gasteiger partial charge in [-0.1, -0.05) is 12.1 Å². The topological polar surface area (TPSA) is 59.3 Å². The molecule has 2 aromatic rings. The first-order chi connectivity index (χ1) is 9.66. The maximum absolute atomic E-state index is 10.8. The predicted molar refractivity (Wildman–Crippen MR) is 74.3 cm³/mol. The molecule has 0 bridgehead atoms. The van der Waals surface area contributed by atoms with Gasteiger partial charge in [0, 0.05) is 11.6 Å². The Kier molecular flexibility index (Phi) is 4.02. The van der Waals surface area contributed by atoms with Crippen LogP contribution in [-0.4, -0.2) is 13.4 Å². The molecule has 20 heavy (non-hydrogen) atoms. The molecular formula is C16H13NO3. The number of aldehydes is 1. The smallest absolute Gasteiger partial charge is 0.150 e. The first-order valence-electron chi connectivity index (χ1n) is 5.99. The number of ether oxygens (including phenoxy) is 2. The summed E-state index contributed by atoms with van der Waals surface area (Å²) in [5.74, 6) is 1.61. The highest BCUT2D eigenvalue weighted by Gasteiger charge is 2.06. The molecule has 0 fully saturated rings. The van der Waals surface area contributed by atoms with Crippen LogP contribution in [0.15, 0.2) is 36.4 Å². The van der Waals surface area contributed by atoms with E-state index in [1.165, 1.54) is 7.11 Å². The van der Waals surface area contributed by atoms with Crippen molar-refractivity contribution in [1.29, 1.82) is 5.26 Å². The number of nitriles is 1. The molecule has 4 heteroatoms. The van der Waals surface area contributed by atoms with Crippen LogP contribution in [-0.2, 0) is 0 Å². The summed E-state index contributed by atoms with van der Waals surface area (Å²) < 4.78 is 10.9. The molecule has 0 spiro atoms. The number of methoxy groups -OCH3 is 1. The van der Waals surface area contributed by atoms with Gasteiger partial charge in [0.05, 0.1) is 18.7 Å². The maximum atomic E-state index is 10.8. The van der Waals surface area contributed by atoms with Gasteiger partial charge < -0.3 is 9.47 Å². The fourth-order valence-corrected chi connectivity index (χ4v) is 1.74. The molecule has 0 aliphatic carbocycles. The molecule has 0 radical (unpaired) electrons. The van der Waals surface area contributed by atoms with Gasteiger partial charge in [-0.3, -0.25) is 4.79 Å². The molecule has 0 saturated carbocycles. The second-order valence-electron chi connectivity index (χ2n) is 4.25. The minimum absolute atomic E-state index is 0.448. The van der Waals surface area contributed by atoms with Crippen molar-refractivity contribution in [2.24, 2.45) is 0 Å². The number of carbonyl (C=O) groups excluding carboxylic acids is 1. The third-order valence-corrected chi connectivity index (χ3v) is 2.82. The molecule has 0 amide bonds. The zero-order chi connectivity index (χ0) is 14.5. The summed E-state index contributed by atoms with van der Waals surface area (Å²) in [6, 6.07) is 12.2. The standard InChI is InChI=1S/C16H13NO3/c1-11-3-4-12(10-18)7-16(11)20-15-6-13(9-17)5-14(8-15)19-2/h3-8,10H,1-2H3. The molecule has 0 heterocycles. The summed E-state index contributed by atoms with van der Waals surface area (Å²) in [5.41, 5.74) is 1.88. The first-order valence-corrected chi connectivity index (χ1v) is 5.99. The van der Waals surface area contributed by atoms with E-state index in [9.17, 15) is 4.79 Å². The minimum Gasteiger partial charge on any atom is -0.497 e. The van der Waals surface area contributed by atoms with Crippen molar-refractivity contribution in [2.75, 3.05) is 7.11 Å². The van der Waals surface area contributed by atoms with Crippen molar-refractivity contribution in [2.45, 2.75) is 6.92 Å². The fourth-order valence-electron chi connectivity index (χ4n) is 1.74. The van der Waals surface area contributed by atoms with Crippen LogP contribution in [0.5, 0.6) is 17.2 Å². The van der Waals surface area contributed by atoms with E-state index in [0.717, 1.165) is 11.8 Å². The van der Waals surface area contributed by atoms with Crippen LogP contribution in [0.2, 0.25) is 0 Å². The number of carbonyl (C=O) groups is 1. The molecule has 0 saturated heterocycles. The number of benzene rings is 2. The molecule has 100 valence electrons. The molecule has 0 aliphatic heterocycles. The number of aryl methyl sites for hydroxylation is 1. The average Bonchev–Trinajstić information content (AvgIpc) is 2.49. The zero-order valence-electron chi connectivity index (χ0n) is 11.2. The molecule has 0 atom stereocenters. The van der Waals surface area contributed by atoms with E-state index in [1.54, 1.807) is 30.3 Å². The Morgan fingerprint density at radius 2 is 1.90 bits per heavy atom.